The largest absolute Gasteiger partial charge is 0.441 e. The van der Waals surface area contributed by atoms with Crippen molar-refractivity contribution in [3.63, 3.8) is 0 Å². The Labute approximate surface area is 207 Å². The zero-order valence-corrected chi connectivity index (χ0v) is 19.9. The van der Waals surface area contributed by atoms with Crippen molar-refractivity contribution in [3.8, 4) is 11.1 Å². The van der Waals surface area contributed by atoms with Crippen LogP contribution in [-0.4, -0.2) is 41.2 Å². The van der Waals surface area contributed by atoms with Gasteiger partial charge in [0.05, 0.1) is 12.1 Å². The summed E-state index contributed by atoms with van der Waals surface area (Å²) in [6.07, 6.45) is -2.00. The fourth-order valence-corrected chi connectivity index (χ4v) is 5.07. The molecule has 1 amide bonds. The number of aryl methyl sites for hydroxylation is 1. The lowest BCUT2D eigenvalue weighted by molar-refractivity contribution is -0.138. The summed E-state index contributed by atoms with van der Waals surface area (Å²) in [4.78, 5) is 20.5. The van der Waals surface area contributed by atoms with Crippen LogP contribution in [0, 0.1) is 6.92 Å². The predicted octanol–water partition coefficient (Wildman–Crippen LogP) is 5.65. The first kappa shape index (κ1) is 24.1. The minimum Gasteiger partial charge on any atom is -0.441 e. The summed E-state index contributed by atoms with van der Waals surface area (Å²) in [6.45, 7) is 3.48. The molecule has 3 aromatic rings. The van der Waals surface area contributed by atoms with Crippen LogP contribution in [0.15, 0.2) is 60.8 Å². The van der Waals surface area contributed by atoms with E-state index in [2.05, 4.69) is 9.88 Å². The maximum absolute atomic E-state index is 13.7. The van der Waals surface area contributed by atoms with Crippen molar-refractivity contribution in [2.24, 2.45) is 0 Å². The molecule has 1 aromatic heterocycles. The van der Waals surface area contributed by atoms with Crippen LogP contribution in [0.1, 0.15) is 29.5 Å². The van der Waals surface area contributed by atoms with Crippen molar-refractivity contribution in [3.05, 3.63) is 77.5 Å². The molecule has 0 saturated carbocycles. The minimum atomic E-state index is -4.44. The number of likely N-dealkylation sites (tertiary alicyclic amines) is 1. The molecule has 0 aliphatic carbocycles. The van der Waals surface area contributed by atoms with Gasteiger partial charge in [-0.2, -0.15) is 13.2 Å². The number of carbonyl (C=O) groups excluding carboxylic acids is 1. The molecule has 5 rings (SSSR count). The lowest BCUT2D eigenvalue weighted by atomic mass is 9.90. The third kappa shape index (κ3) is 4.75. The van der Waals surface area contributed by atoms with Crippen LogP contribution in [0.2, 0.25) is 0 Å². The van der Waals surface area contributed by atoms with E-state index in [1.165, 1.54) is 13.0 Å². The highest BCUT2D eigenvalue weighted by Crippen LogP contribution is 2.39. The second-order valence-electron chi connectivity index (χ2n) is 9.54. The maximum atomic E-state index is 13.7. The van der Waals surface area contributed by atoms with Gasteiger partial charge in [-0.15, -0.1) is 0 Å². The number of anilines is 2. The molecule has 36 heavy (non-hydrogen) atoms. The fraction of sp³-hybridized carbons (Fsp3) is 0.333. The Kier molecular flexibility index (Phi) is 6.12. The predicted molar refractivity (Wildman–Crippen MR) is 131 cm³/mol. The summed E-state index contributed by atoms with van der Waals surface area (Å²) in [5.74, 6) is 0.348. The third-order valence-electron chi connectivity index (χ3n) is 7.05. The first-order chi connectivity index (χ1) is 17.1. The Balaban J connectivity index is 1.36. The van der Waals surface area contributed by atoms with E-state index >= 15 is 0 Å². The van der Waals surface area contributed by atoms with Gasteiger partial charge in [0.2, 0.25) is 0 Å². The molecule has 188 valence electrons. The number of carbonyl (C=O) groups is 1. The Hall–Kier alpha value is -3.59. The van der Waals surface area contributed by atoms with Crippen LogP contribution in [0.25, 0.3) is 11.1 Å². The minimum absolute atomic E-state index is 0.162. The van der Waals surface area contributed by atoms with Gasteiger partial charge in [0, 0.05) is 49.9 Å². The van der Waals surface area contributed by atoms with Gasteiger partial charge in [-0.25, -0.2) is 9.78 Å². The highest BCUT2D eigenvalue weighted by molar-refractivity contribution is 5.90. The lowest BCUT2D eigenvalue weighted by Gasteiger charge is -2.37. The van der Waals surface area contributed by atoms with Crippen LogP contribution < -0.4 is 10.6 Å². The molecule has 0 radical (unpaired) electrons. The monoisotopic (exact) mass is 496 g/mol. The van der Waals surface area contributed by atoms with Crippen molar-refractivity contribution < 1.29 is 22.7 Å². The number of alkyl halides is 3. The molecule has 2 fully saturated rings. The number of benzene rings is 2. The molecular weight excluding hydrogens is 469 g/mol. The van der Waals surface area contributed by atoms with E-state index in [0.717, 1.165) is 5.69 Å². The summed E-state index contributed by atoms with van der Waals surface area (Å²) in [6, 6.07) is 15.6. The number of ether oxygens (including phenoxy) is 1. The lowest BCUT2D eigenvalue weighted by Crippen LogP contribution is -2.46. The normalized spacial score (nSPS) is 18.0. The van der Waals surface area contributed by atoms with Gasteiger partial charge < -0.3 is 10.5 Å². The van der Waals surface area contributed by atoms with Crippen molar-refractivity contribution in [2.45, 2.75) is 38.1 Å². The van der Waals surface area contributed by atoms with Crippen molar-refractivity contribution in [1.82, 2.24) is 9.88 Å². The molecule has 6 nitrogen and oxygen atoms in total. The molecule has 2 aliphatic rings. The van der Waals surface area contributed by atoms with E-state index < -0.39 is 17.3 Å². The first-order valence-corrected chi connectivity index (χ1v) is 11.8. The van der Waals surface area contributed by atoms with E-state index in [0.29, 0.717) is 61.5 Å². The van der Waals surface area contributed by atoms with Crippen LogP contribution in [0.4, 0.5) is 29.5 Å². The van der Waals surface area contributed by atoms with Gasteiger partial charge in [0.15, 0.2) is 0 Å². The topological polar surface area (TPSA) is 71.7 Å². The first-order valence-electron chi connectivity index (χ1n) is 11.8. The Morgan fingerprint density at radius 1 is 1.08 bits per heavy atom. The van der Waals surface area contributed by atoms with Crippen LogP contribution >= 0.6 is 0 Å². The molecule has 3 heterocycles. The third-order valence-corrected chi connectivity index (χ3v) is 7.05. The average Bonchev–Trinajstić information content (AvgIpc) is 3.17. The van der Waals surface area contributed by atoms with Crippen molar-refractivity contribution >= 4 is 17.6 Å². The number of nitrogens with zero attached hydrogens (tertiary/aromatic N) is 3. The molecule has 2 N–H and O–H groups in total. The van der Waals surface area contributed by atoms with E-state index in [1.807, 2.05) is 30.3 Å². The van der Waals surface area contributed by atoms with Crippen LogP contribution in [-0.2, 0) is 17.5 Å². The molecule has 0 bridgehead atoms. The number of nitrogens with two attached hydrogens (primary N) is 1. The second kappa shape index (κ2) is 9.13. The molecule has 0 atom stereocenters. The molecule has 0 unspecified atom stereocenters. The van der Waals surface area contributed by atoms with E-state index in [1.54, 1.807) is 29.3 Å². The van der Waals surface area contributed by atoms with E-state index in [4.69, 9.17) is 10.5 Å². The molecule has 1 spiro atoms. The van der Waals surface area contributed by atoms with Gasteiger partial charge in [-0.05, 0) is 53.9 Å². The second-order valence-corrected chi connectivity index (χ2v) is 9.54. The summed E-state index contributed by atoms with van der Waals surface area (Å²) in [5, 5.41) is 0. The number of aromatic nitrogens is 1. The zero-order valence-electron chi connectivity index (χ0n) is 19.9. The Morgan fingerprint density at radius 3 is 2.44 bits per heavy atom. The van der Waals surface area contributed by atoms with Gasteiger partial charge in [-0.3, -0.25) is 9.80 Å². The van der Waals surface area contributed by atoms with Gasteiger partial charge in [0.25, 0.3) is 0 Å². The highest BCUT2D eigenvalue weighted by Gasteiger charge is 2.47. The number of halogens is 3. The molecule has 2 aromatic carbocycles. The SMILES string of the molecule is Cc1cc(-c2ccc(N)nc2)c(CN2CCC3(CC2)CN(c2ccccc2)C(=O)O3)cc1C(F)(F)F. The fourth-order valence-electron chi connectivity index (χ4n) is 5.07. The maximum Gasteiger partial charge on any atom is 0.416 e. The standard InChI is InChI=1S/C27H27F3N4O2/c1-18-13-22(19-7-8-24(31)32-15-19)20(14-23(18)27(28,29)30)16-33-11-9-26(10-12-33)17-34(25(35)36-26)21-5-3-2-4-6-21/h2-8,13-15H,9-12,16-17H2,1H3,(H2,31,32). The molecule has 9 heteroatoms. The molecule has 2 aliphatic heterocycles. The van der Waals surface area contributed by atoms with Crippen molar-refractivity contribution in [2.75, 3.05) is 30.3 Å². The van der Waals surface area contributed by atoms with Crippen LogP contribution in [0.3, 0.4) is 0 Å². The Bertz CT molecular complexity index is 1250. The molecular formula is C27H27F3N4O2. The number of rotatable bonds is 4. The number of amides is 1. The smallest absolute Gasteiger partial charge is 0.416 e. The number of para-hydroxylation sites is 1. The number of hydrogen-bond donors (Lipinski definition) is 1. The van der Waals surface area contributed by atoms with Gasteiger partial charge >= 0.3 is 12.3 Å². The average molecular weight is 497 g/mol. The molecule has 2 saturated heterocycles. The number of piperidine rings is 1. The van der Waals surface area contributed by atoms with Crippen molar-refractivity contribution in [1.29, 1.82) is 0 Å². The van der Waals surface area contributed by atoms with E-state index in [9.17, 15) is 18.0 Å². The summed E-state index contributed by atoms with van der Waals surface area (Å²) in [7, 11) is 0. The number of hydrogen-bond acceptors (Lipinski definition) is 5. The Morgan fingerprint density at radius 2 is 1.81 bits per heavy atom. The number of pyridine rings is 1. The van der Waals surface area contributed by atoms with Crippen LogP contribution in [0.5, 0.6) is 0 Å². The summed E-state index contributed by atoms with van der Waals surface area (Å²) >= 11 is 0. The van der Waals surface area contributed by atoms with Gasteiger partial charge in [-0.1, -0.05) is 24.3 Å². The highest BCUT2D eigenvalue weighted by atomic mass is 19.4. The number of nitrogen functional groups attached to an aromatic ring is 1. The van der Waals surface area contributed by atoms with Gasteiger partial charge in [0.1, 0.15) is 11.4 Å². The summed E-state index contributed by atoms with van der Waals surface area (Å²) in [5.41, 5.74) is 7.44. The quantitative estimate of drug-likeness (QED) is 0.506. The zero-order chi connectivity index (χ0) is 25.5. The van der Waals surface area contributed by atoms with E-state index in [-0.39, 0.29) is 11.7 Å². The summed E-state index contributed by atoms with van der Waals surface area (Å²) < 4.78 is 47.0.